The minimum atomic E-state index is 0.166. The molecular formula is C44H58. The fourth-order valence-electron chi connectivity index (χ4n) is 7.91. The molecule has 4 aliphatic carbocycles. The molecule has 4 aliphatic rings. The molecule has 0 saturated heterocycles. The second-order valence-electron chi connectivity index (χ2n) is 18.3. The van der Waals surface area contributed by atoms with Crippen molar-refractivity contribution in [3.8, 4) is 0 Å². The zero-order valence-electron chi connectivity index (χ0n) is 30.8. The highest BCUT2D eigenvalue weighted by molar-refractivity contribution is 5.88. The summed E-state index contributed by atoms with van der Waals surface area (Å²) in [5, 5.41) is 2.83. The first-order chi connectivity index (χ1) is 20.0. The van der Waals surface area contributed by atoms with Gasteiger partial charge in [0.1, 0.15) is 0 Å². The van der Waals surface area contributed by atoms with Crippen LogP contribution in [0.4, 0.5) is 0 Å². The van der Waals surface area contributed by atoms with Gasteiger partial charge in [-0.05, 0) is 151 Å². The first-order valence-electron chi connectivity index (χ1n) is 16.9. The van der Waals surface area contributed by atoms with Crippen LogP contribution in [0.2, 0.25) is 0 Å². The van der Waals surface area contributed by atoms with Crippen LogP contribution in [0.25, 0.3) is 33.4 Å². The second-order valence-corrected chi connectivity index (χ2v) is 18.3. The molecule has 234 valence electrons. The molecule has 2 aromatic rings. The molecule has 0 saturated carbocycles. The van der Waals surface area contributed by atoms with E-state index in [1.165, 1.54) is 66.1 Å². The highest BCUT2D eigenvalue weighted by Crippen LogP contribution is 2.56. The predicted octanol–water partition coefficient (Wildman–Crippen LogP) is 11.7. The van der Waals surface area contributed by atoms with E-state index >= 15 is 0 Å². The van der Waals surface area contributed by atoms with Gasteiger partial charge in [-0.2, -0.15) is 0 Å². The van der Waals surface area contributed by atoms with Gasteiger partial charge >= 0.3 is 0 Å². The first-order valence-corrected chi connectivity index (χ1v) is 16.9. The van der Waals surface area contributed by atoms with Gasteiger partial charge in [-0.1, -0.05) is 107 Å². The molecular weight excluding hydrogens is 528 g/mol. The van der Waals surface area contributed by atoms with E-state index in [0.29, 0.717) is 11.8 Å². The lowest BCUT2D eigenvalue weighted by Gasteiger charge is -2.30. The molecule has 0 N–H and O–H groups in total. The lowest BCUT2D eigenvalue weighted by molar-refractivity contribution is 0.366. The lowest BCUT2D eigenvalue weighted by atomic mass is 9.74. The average molecular weight is 587 g/mol. The van der Waals surface area contributed by atoms with Gasteiger partial charge < -0.3 is 0 Å². The molecule has 2 atom stereocenters. The summed E-state index contributed by atoms with van der Waals surface area (Å²) in [6, 6.07) is 9.85. The molecule has 0 heteroatoms. The zero-order chi connectivity index (χ0) is 32.9. The minimum absolute atomic E-state index is 0.166. The van der Waals surface area contributed by atoms with Gasteiger partial charge in [0, 0.05) is 11.8 Å². The summed E-state index contributed by atoms with van der Waals surface area (Å²) in [5.41, 5.74) is 18.3. The van der Waals surface area contributed by atoms with Crippen LogP contribution in [0.5, 0.6) is 0 Å². The third kappa shape index (κ3) is 5.57. The summed E-state index contributed by atoms with van der Waals surface area (Å²) in [6.07, 6.45) is 9.72. The Balaban J connectivity index is 0.000000201. The van der Waals surface area contributed by atoms with Crippen molar-refractivity contribution in [2.75, 3.05) is 0 Å². The van der Waals surface area contributed by atoms with E-state index in [1.807, 2.05) is 0 Å². The van der Waals surface area contributed by atoms with E-state index in [2.05, 4.69) is 159 Å². The third-order valence-corrected chi connectivity index (χ3v) is 10.3. The van der Waals surface area contributed by atoms with Crippen LogP contribution in [0.1, 0.15) is 156 Å². The first kappa shape index (κ1) is 32.5. The standard InChI is InChI=1S/C28H42.C16H16/c1-25(2,3)21-15-22(26(4,5)6)18-14-20-19(13-17(18)21)23(27(7,8)9)16-24(20)28(10,11)12;1-9-5-10(2)14-8-16-12(4)6-11(3)15(16)7-13(9)14/h13-16,21,24H,1-12H3;5-8H,1-4H3. The van der Waals surface area contributed by atoms with Crippen LogP contribution >= 0.6 is 0 Å². The van der Waals surface area contributed by atoms with Crippen molar-refractivity contribution in [2.24, 2.45) is 21.7 Å². The molecule has 0 nitrogen and oxygen atoms in total. The van der Waals surface area contributed by atoms with E-state index in [-0.39, 0.29) is 21.7 Å². The molecule has 0 spiro atoms. The summed E-state index contributed by atoms with van der Waals surface area (Å²) in [5.74, 6) is 0.967. The Kier molecular flexibility index (Phi) is 7.64. The van der Waals surface area contributed by atoms with E-state index in [4.69, 9.17) is 0 Å². The van der Waals surface area contributed by atoms with Crippen molar-refractivity contribution in [1.29, 1.82) is 0 Å². The average Bonchev–Trinajstić information content (AvgIpc) is 3.58. The molecule has 0 heterocycles. The molecule has 0 bridgehead atoms. The monoisotopic (exact) mass is 586 g/mol. The van der Waals surface area contributed by atoms with Crippen LogP contribution < -0.4 is 10.4 Å². The Morgan fingerprint density at radius 1 is 0.432 bits per heavy atom. The van der Waals surface area contributed by atoms with Crippen molar-refractivity contribution >= 4 is 33.4 Å². The molecule has 2 aromatic carbocycles. The molecule has 0 amide bonds. The lowest BCUT2D eigenvalue weighted by Crippen LogP contribution is -2.17. The van der Waals surface area contributed by atoms with Gasteiger partial charge in [0.2, 0.25) is 0 Å². The number of rotatable bonds is 0. The van der Waals surface area contributed by atoms with Crippen LogP contribution in [0.15, 0.2) is 48.6 Å². The largest absolute Gasteiger partial charge is 0.0721 e. The Labute approximate surface area is 269 Å². The van der Waals surface area contributed by atoms with Gasteiger partial charge in [-0.25, -0.2) is 0 Å². The smallest absolute Gasteiger partial charge is 0.00790 e. The fourth-order valence-corrected chi connectivity index (χ4v) is 7.91. The summed E-state index contributed by atoms with van der Waals surface area (Å²) in [7, 11) is 0. The molecule has 0 fully saturated rings. The third-order valence-electron chi connectivity index (χ3n) is 10.3. The Morgan fingerprint density at radius 3 is 1.02 bits per heavy atom. The van der Waals surface area contributed by atoms with Crippen LogP contribution in [-0.2, 0) is 0 Å². The molecule has 0 aliphatic heterocycles. The van der Waals surface area contributed by atoms with Crippen molar-refractivity contribution in [3.05, 3.63) is 92.4 Å². The van der Waals surface area contributed by atoms with E-state index in [9.17, 15) is 0 Å². The molecule has 44 heavy (non-hydrogen) atoms. The van der Waals surface area contributed by atoms with E-state index in [0.717, 1.165) is 0 Å². The van der Waals surface area contributed by atoms with Gasteiger partial charge in [-0.3, -0.25) is 0 Å². The number of hydrogen-bond acceptors (Lipinski definition) is 0. The summed E-state index contributed by atoms with van der Waals surface area (Å²) >= 11 is 0. The quantitative estimate of drug-likeness (QED) is 0.288. The number of fused-ring (bicyclic) bond motifs is 4. The summed E-state index contributed by atoms with van der Waals surface area (Å²) in [6.45, 7) is 37.3. The van der Waals surface area contributed by atoms with Crippen molar-refractivity contribution in [1.82, 2.24) is 0 Å². The Hall–Kier alpha value is -2.86. The van der Waals surface area contributed by atoms with Gasteiger partial charge in [0.25, 0.3) is 0 Å². The minimum Gasteiger partial charge on any atom is -0.0721 e. The number of benzene rings is 2. The van der Waals surface area contributed by atoms with Crippen molar-refractivity contribution < 1.29 is 0 Å². The Morgan fingerprint density at radius 2 is 0.750 bits per heavy atom. The second kappa shape index (κ2) is 10.3. The van der Waals surface area contributed by atoms with E-state index < -0.39 is 0 Å². The highest BCUT2D eigenvalue weighted by Gasteiger charge is 2.41. The SMILES string of the molecule is CC(C)(C)C1=CC(C(C)(C)C)c2cc3c(cc21)C(C(C)(C)C)C=C3C(C)(C)C.CC1=CC(C)=c2cc3c(cc21)=C(C)C=C3C. The highest BCUT2D eigenvalue weighted by atomic mass is 14.4. The normalized spacial score (nSPS) is 20.7. The maximum absolute atomic E-state index is 2.58. The van der Waals surface area contributed by atoms with Crippen molar-refractivity contribution in [2.45, 2.75) is 123 Å². The molecule has 0 radical (unpaired) electrons. The number of allylic oxidation sites excluding steroid dienone is 8. The van der Waals surface area contributed by atoms with Gasteiger partial charge in [0.05, 0.1) is 0 Å². The van der Waals surface area contributed by atoms with Gasteiger partial charge in [-0.15, -0.1) is 0 Å². The Bertz CT molecular complexity index is 1660. The zero-order valence-corrected chi connectivity index (χ0v) is 30.8. The molecule has 0 aromatic heterocycles. The maximum atomic E-state index is 2.58. The molecule has 2 unspecified atom stereocenters. The number of hydrogen-bond donors (Lipinski definition) is 0. The summed E-state index contributed by atoms with van der Waals surface area (Å²) in [4.78, 5) is 0. The maximum Gasteiger partial charge on any atom is 0.00790 e. The van der Waals surface area contributed by atoms with Gasteiger partial charge in [0.15, 0.2) is 0 Å². The predicted molar refractivity (Wildman–Crippen MR) is 197 cm³/mol. The van der Waals surface area contributed by atoms with Crippen LogP contribution in [-0.4, -0.2) is 0 Å². The van der Waals surface area contributed by atoms with E-state index in [1.54, 1.807) is 11.1 Å². The molecule has 6 rings (SSSR count). The topological polar surface area (TPSA) is 0 Å². The van der Waals surface area contributed by atoms with Crippen LogP contribution in [0, 0.1) is 21.7 Å². The van der Waals surface area contributed by atoms with Crippen molar-refractivity contribution in [3.63, 3.8) is 0 Å². The summed E-state index contributed by atoms with van der Waals surface area (Å²) < 4.78 is 0. The fraction of sp³-hybridized carbons (Fsp3) is 0.500. The van der Waals surface area contributed by atoms with Crippen LogP contribution in [0.3, 0.4) is 0 Å².